The summed E-state index contributed by atoms with van der Waals surface area (Å²) in [6.07, 6.45) is 0. The SMILES string of the molecule is CCN(CC)c1ccc(/N=N/c2cc(S(=O)(=O)CCOS(=O)(=O)O)ccc2C(=O)O)cc1. The molecule has 2 N–H and O–H groups in total. The molecule has 11 nitrogen and oxygen atoms in total. The second-order valence-electron chi connectivity index (χ2n) is 6.44. The van der Waals surface area contributed by atoms with Crippen molar-refractivity contribution in [2.75, 3.05) is 30.3 Å². The van der Waals surface area contributed by atoms with Crippen molar-refractivity contribution in [1.29, 1.82) is 0 Å². The molecule has 32 heavy (non-hydrogen) atoms. The van der Waals surface area contributed by atoms with Gasteiger partial charge in [-0.2, -0.15) is 13.5 Å². The van der Waals surface area contributed by atoms with Crippen molar-refractivity contribution in [3.05, 3.63) is 48.0 Å². The average molecular weight is 486 g/mol. The Hall–Kier alpha value is -2.87. The monoisotopic (exact) mass is 485 g/mol. The van der Waals surface area contributed by atoms with Crippen molar-refractivity contribution < 1.29 is 35.5 Å². The lowest BCUT2D eigenvalue weighted by atomic mass is 10.2. The third-order valence-electron chi connectivity index (χ3n) is 4.39. The standard InChI is InChI=1S/C19H23N3O8S2/c1-3-22(4-2)15-7-5-14(6-8-15)20-21-18-13-16(9-10-17(18)19(23)24)31(25,26)12-11-30-32(27,28)29/h5-10,13H,3-4,11-12H2,1-2H3,(H,23,24)(H,27,28,29)/b21-20+. The average Bonchev–Trinajstić information content (AvgIpc) is 2.72. The molecule has 0 aromatic heterocycles. The molecule has 0 atom stereocenters. The van der Waals surface area contributed by atoms with Gasteiger partial charge in [0.2, 0.25) is 0 Å². The van der Waals surface area contributed by atoms with Crippen LogP contribution in [0.5, 0.6) is 0 Å². The molecule has 0 heterocycles. The number of carboxylic acid groups (broad SMARTS) is 1. The minimum absolute atomic E-state index is 0.193. The van der Waals surface area contributed by atoms with Gasteiger partial charge in [0.25, 0.3) is 0 Å². The van der Waals surface area contributed by atoms with E-state index >= 15 is 0 Å². The molecule has 0 amide bonds. The van der Waals surface area contributed by atoms with Gasteiger partial charge in [0.05, 0.1) is 28.5 Å². The van der Waals surface area contributed by atoms with Crippen LogP contribution in [0.1, 0.15) is 24.2 Å². The molecule has 2 aromatic carbocycles. The van der Waals surface area contributed by atoms with Crippen LogP contribution in [0.25, 0.3) is 0 Å². The highest BCUT2D eigenvalue weighted by Crippen LogP contribution is 2.27. The summed E-state index contributed by atoms with van der Waals surface area (Å²) in [4.78, 5) is 13.3. The van der Waals surface area contributed by atoms with Crippen molar-refractivity contribution in [1.82, 2.24) is 0 Å². The predicted octanol–water partition coefficient (Wildman–Crippen LogP) is 3.24. The van der Waals surface area contributed by atoms with E-state index in [4.69, 9.17) is 4.55 Å². The topological polar surface area (TPSA) is 163 Å². The molecule has 13 heteroatoms. The molecule has 0 unspecified atom stereocenters. The van der Waals surface area contributed by atoms with Crippen LogP contribution >= 0.6 is 0 Å². The van der Waals surface area contributed by atoms with E-state index in [-0.39, 0.29) is 16.1 Å². The highest BCUT2D eigenvalue weighted by atomic mass is 32.3. The summed E-state index contributed by atoms with van der Waals surface area (Å²) in [5.74, 6) is -2.09. The van der Waals surface area contributed by atoms with Crippen LogP contribution in [-0.4, -0.2) is 57.9 Å². The smallest absolute Gasteiger partial charge is 0.397 e. The first-order chi connectivity index (χ1) is 15.0. The van der Waals surface area contributed by atoms with Crippen LogP contribution in [0.3, 0.4) is 0 Å². The molecule has 0 aliphatic rings. The molecule has 2 rings (SSSR count). The molecule has 0 fully saturated rings. The number of hydrogen-bond acceptors (Lipinski definition) is 9. The van der Waals surface area contributed by atoms with Crippen LogP contribution in [-0.2, 0) is 24.4 Å². The number of nitrogens with zero attached hydrogens (tertiary/aromatic N) is 3. The molecule has 0 saturated carbocycles. The lowest BCUT2D eigenvalue weighted by molar-refractivity contribution is 0.0697. The molecule has 0 bridgehead atoms. The Balaban J connectivity index is 2.31. The number of carboxylic acids is 1. The van der Waals surface area contributed by atoms with Crippen molar-refractivity contribution in [3.8, 4) is 0 Å². The quantitative estimate of drug-likeness (QED) is 0.359. The van der Waals surface area contributed by atoms with E-state index in [1.807, 2.05) is 26.0 Å². The normalized spacial score (nSPS) is 12.2. The summed E-state index contributed by atoms with van der Waals surface area (Å²) < 4.78 is 58.5. The lowest BCUT2D eigenvalue weighted by Gasteiger charge is -2.20. The first-order valence-electron chi connectivity index (χ1n) is 9.45. The summed E-state index contributed by atoms with van der Waals surface area (Å²) in [7, 11) is -8.84. The lowest BCUT2D eigenvalue weighted by Crippen LogP contribution is -2.21. The highest BCUT2D eigenvalue weighted by molar-refractivity contribution is 7.91. The molecular formula is C19H23N3O8S2. The second kappa shape index (κ2) is 10.6. The molecule has 0 saturated heterocycles. The zero-order valence-electron chi connectivity index (χ0n) is 17.4. The van der Waals surface area contributed by atoms with Gasteiger partial charge >= 0.3 is 16.4 Å². The van der Waals surface area contributed by atoms with Gasteiger partial charge in [0.1, 0.15) is 5.69 Å². The molecular weight excluding hydrogens is 462 g/mol. The number of azo groups is 1. The summed E-state index contributed by atoms with van der Waals surface area (Å²) in [5, 5.41) is 17.3. The Labute approximate surface area is 186 Å². The molecule has 0 aliphatic carbocycles. The molecule has 174 valence electrons. The van der Waals surface area contributed by atoms with E-state index < -0.39 is 38.6 Å². The van der Waals surface area contributed by atoms with Gasteiger partial charge < -0.3 is 10.0 Å². The van der Waals surface area contributed by atoms with Crippen molar-refractivity contribution >= 4 is 43.3 Å². The fourth-order valence-corrected chi connectivity index (χ4v) is 4.27. The van der Waals surface area contributed by atoms with Crippen molar-refractivity contribution in [2.45, 2.75) is 18.7 Å². The first-order valence-corrected chi connectivity index (χ1v) is 12.5. The predicted molar refractivity (Wildman–Crippen MR) is 117 cm³/mol. The number of hydrogen-bond donors (Lipinski definition) is 2. The third-order valence-corrected chi connectivity index (χ3v) is 6.54. The van der Waals surface area contributed by atoms with E-state index in [9.17, 15) is 26.7 Å². The zero-order valence-corrected chi connectivity index (χ0v) is 19.0. The Morgan fingerprint density at radius 1 is 1.00 bits per heavy atom. The van der Waals surface area contributed by atoms with Gasteiger partial charge in [-0.1, -0.05) is 0 Å². The maximum absolute atomic E-state index is 12.4. The Morgan fingerprint density at radius 2 is 1.62 bits per heavy atom. The van der Waals surface area contributed by atoms with E-state index in [1.54, 1.807) is 12.1 Å². The van der Waals surface area contributed by atoms with E-state index in [2.05, 4.69) is 19.3 Å². The van der Waals surface area contributed by atoms with Gasteiger partial charge in [-0.3, -0.25) is 4.55 Å². The van der Waals surface area contributed by atoms with Crippen LogP contribution in [0, 0.1) is 0 Å². The minimum Gasteiger partial charge on any atom is -0.478 e. The Morgan fingerprint density at radius 3 is 2.16 bits per heavy atom. The van der Waals surface area contributed by atoms with Crippen molar-refractivity contribution in [3.63, 3.8) is 0 Å². The largest absolute Gasteiger partial charge is 0.478 e. The number of carbonyl (C=O) groups is 1. The highest BCUT2D eigenvalue weighted by Gasteiger charge is 2.20. The van der Waals surface area contributed by atoms with Crippen molar-refractivity contribution in [2.24, 2.45) is 10.2 Å². The van der Waals surface area contributed by atoms with E-state index in [0.29, 0.717) is 5.69 Å². The van der Waals surface area contributed by atoms with Gasteiger partial charge in [-0.15, -0.1) is 5.11 Å². The Kier molecular flexibility index (Phi) is 8.44. The number of benzene rings is 2. The van der Waals surface area contributed by atoms with Crippen LogP contribution < -0.4 is 4.90 Å². The third kappa shape index (κ3) is 7.09. The fourth-order valence-electron chi connectivity index (χ4n) is 2.77. The number of rotatable bonds is 11. The van der Waals surface area contributed by atoms with Gasteiger partial charge in [0, 0.05) is 18.8 Å². The van der Waals surface area contributed by atoms with Gasteiger partial charge in [-0.25, -0.2) is 17.4 Å². The molecule has 2 aromatic rings. The van der Waals surface area contributed by atoms with Gasteiger partial charge in [-0.05, 0) is 56.3 Å². The minimum atomic E-state index is -4.78. The first kappa shape index (κ1) is 25.4. The number of sulfone groups is 1. The van der Waals surface area contributed by atoms with E-state index in [0.717, 1.165) is 37.0 Å². The Bertz CT molecular complexity index is 1190. The summed E-state index contributed by atoms with van der Waals surface area (Å²) >= 11 is 0. The molecule has 0 aliphatic heterocycles. The van der Waals surface area contributed by atoms with Crippen LogP contribution in [0.4, 0.5) is 17.1 Å². The molecule has 0 radical (unpaired) electrons. The molecule has 0 spiro atoms. The summed E-state index contributed by atoms with van der Waals surface area (Å²) in [6, 6.07) is 10.2. The second-order valence-corrected chi connectivity index (χ2v) is 9.64. The summed E-state index contributed by atoms with van der Waals surface area (Å²) in [5.41, 5.74) is 0.969. The maximum Gasteiger partial charge on any atom is 0.397 e. The van der Waals surface area contributed by atoms with Gasteiger partial charge in [0.15, 0.2) is 9.84 Å². The number of anilines is 1. The van der Waals surface area contributed by atoms with Crippen LogP contribution in [0.15, 0.2) is 57.6 Å². The van der Waals surface area contributed by atoms with E-state index in [1.165, 1.54) is 0 Å². The number of aromatic carboxylic acids is 1. The maximum atomic E-state index is 12.4. The summed E-state index contributed by atoms with van der Waals surface area (Å²) in [6.45, 7) is 4.91. The fraction of sp³-hybridized carbons (Fsp3) is 0.316. The van der Waals surface area contributed by atoms with Crippen LogP contribution in [0.2, 0.25) is 0 Å². The zero-order chi connectivity index (χ0) is 23.9.